The van der Waals surface area contributed by atoms with Crippen LogP contribution in [0.5, 0.6) is 5.75 Å². The highest BCUT2D eigenvalue weighted by molar-refractivity contribution is 6.04. The van der Waals surface area contributed by atoms with Gasteiger partial charge in [-0.2, -0.15) is 5.10 Å². The highest BCUT2D eigenvalue weighted by Gasteiger charge is 2.35. The van der Waals surface area contributed by atoms with Crippen LogP contribution in [0.2, 0.25) is 0 Å². The molecule has 2 N–H and O–H groups in total. The van der Waals surface area contributed by atoms with Crippen molar-refractivity contribution in [3.05, 3.63) is 48.7 Å². The summed E-state index contributed by atoms with van der Waals surface area (Å²) in [6.45, 7) is 0.364. The molecule has 7 heteroatoms. The molecule has 132 valence electrons. The van der Waals surface area contributed by atoms with Crippen LogP contribution in [0.15, 0.2) is 48.7 Å². The molecule has 2 heterocycles. The van der Waals surface area contributed by atoms with Crippen molar-refractivity contribution in [3.63, 3.8) is 0 Å². The summed E-state index contributed by atoms with van der Waals surface area (Å²) in [6.07, 6.45) is 1.92. The summed E-state index contributed by atoms with van der Waals surface area (Å²) in [7, 11) is 1.59. The Morgan fingerprint density at radius 3 is 2.85 bits per heavy atom. The molecular formula is C19H18N4O3. The molecule has 2 amide bonds. The molecule has 0 spiro atoms. The highest BCUT2D eigenvalue weighted by atomic mass is 16.5. The molecule has 1 aromatic heterocycles. The van der Waals surface area contributed by atoms with E-state index in [4.69, 9.17) is 4.74 Å². The fourth-order valence-corrected chi connectivity index (χ4v) is 3.15. The minimum Gasteiger partial charge on any atom is -0.497 e. The summed E-state index contributed by atoms with van der Waals surface area (Å²) in [5.41, 5.74) is 2.30. The summed E-state index contributed by atoms with van der Waals surface area (Å²) in [6, 6.07) is 12.8. The van der Waals surface area contributed by atoms with Gasteiger partial charge in [0.2, 0.25) is 11.8 Å². The molecule has 1 atom stereocenters. The Kier molecular flexibility index (Phi) is 4.04. The van der Waals surface area contributed by atoms with E-state index in [1.54, 1.807) is 30.3 Å². The second kappa shape index (κ2) is 6.51. The third-order valence-electron chi connectivity index (χ3n) is 4.59. The summed E-state index contributed by atoms with van der Waals surface area (Å²) in [5.74, 6) is 0.124. The first-order valence-corrected chi connectivity index (χ1v) is 8.32. The number of rotatable bonds is 4. The minimum atomic E-state index is -0.387. The van der Waals surface area contributed by atoms with Crippen LogP contribution in [0.4, 0.5) is 11.4 Å². The van der Waals surface area contributed by atoms with Crippen LogP contribution >= 0.6 is 0 Å². The van der Waals surface area contributed by atoms with Crippen molar-refractivity contribution in [2.75, 3.05) is 23.9 Å². The van der Waals surface area contributed by atoms with Crippen molar-refractivity contribution < 1.29 is 14.3 Å². The minimum absolute atomic E-state index is 0.0562. The van der Waals surface area contributed by atoms with Gasteiger partial charge in [0.1, 0.15) is 5.75 Å². The number of amides is 2. The molecule has 0 radical (unpaired) electrons. The normalized spacial score (nSPS) is 16.9. The maximum atomic E-state index is 12.6. The molecule has 4 rings (SSSR count). The molecule has 7 nitrogen and oxygen atoms in total. The van der Waals surface area contributed by atoms with E-state index < -0.39 is 0 Å². The fourth-order valence-electron chi connectivity index (χ4n) is 3.15. The molecule has 2 aromatic carbocycles. The molecule has 26 heavy (non-hydrogen) atoms. The van der Waals surface area contributed by atoms with Gasteiger partial charge in [0.15, 0.2) is 0 Å². The SMILES string of the molecule is COc1ccc(N2C[C@@H](C(=O)Nc3ccc4cn[nH]c4c3)CC2=O)cc1. The second-order valence-electron chi connectivity index (χ2n) is 6.26. The zero-order valence-corrected chi connectivity index (χ0v) is 14.2. The third-order valence-corrected chi connectivity index (χ3v) is 4.59. The monoisotopic (exact) mass is 350 g/mol. The zero-order chi connectivity index (χ0) is 18.1. The number of methoxy groups -OCH3 is 1. The van der Waals surface area contributed by atoms with Gasteiger partial charge in [-0.3, -0.25) is 14.7 Å². The standard InChI is InChI=1S/C19H18N4O3/c1-26-16-6-4-15(5-7-16)23-11-13(8-18(23)24)19(25)21-14-3-2-12-10-20-22-17(12)9-14/h2-7,9-10,13H,8,11H2,1H3,(H,20,22)(H,21,25)/t13-/m0/s1. The first kappa shape index (κ1) is 16.1. The number of hydrogen-bond acceptors (Lipinski definition) is 4. The van der Waals surface area contributed by atoms with Crippen molar-refractivity contribution in [1.82, 2.24) is 10.2 Å². The first-order chi connectivity index (χ1) is 12.6. The summed E-state index contributed by atoms with van der Waals surface area (Å²) in [4.78, 5) is 26.6. The molecule has 1 fully saturated rings. The van der Waals surface area contributed by atoms with Gasteiger partial charge >= 0.3 is 0 Å². The van der Waals surface area contributed by atoms with E-state index in [0.29, 0.717) is 12.2 Å². The largest absolute Gasteiger partial charge is 0.497 e. The van der Waals surface area contributed by atoms with Gasteiger partial charge in [-0.05, 0) is 42.5 Å². The number of carbonyl (C=O) groups is 2. The smallest absolute Gasteiger partial charge is 0.229 e. The van der Waals surface area contributed by atoms with Gasteiger partial charge in [-0.15, -0.1) is 0 Å². The number of nitrogens with one attached hydrogen (secondary N) is 2. The number of fused-ring (bicyclic) bond motifs is 1. The van der Waals surface area contributed by atoms with Crippen LogP contribution in [-0.2, 0) is 9.59 Å². The lowest BCUT2D eigenvalue weighted by atomic mass is 10.1. The Morgan fingerprint density at radius 1 is 1.27 bits per heavy atom. The third kappa shape index (κ3) is 2.99. The van der Waals surface area contributed by atoms with Crippen LogP contribution in [0.25, 0.3) is 10.9 Å². The summed E-state index contributed by atoms with van der Waals surface area (Å²) >= 11 is 0. The van der Waals surface area contributed by atoms with E-state index in [-0.39, 0.29) is 24.2 Å². The lowest BCUT2D eigenvalue weighted by Gasteiger charge is -2.17. The van der Waals surface area contributed by atoms with Gasteiger partial charge in [-0.25, -0.2) is 0 Å². The molecule has 0 bridgehead atoms. The number of ether oxygens (including phenoxy) is 1. The van der Waals surface area contributed by atoms with E-state index in [1.807, 2.05) is 30.3 Å². The molecule has 0 saturated carbocycles. The molecule has 1 aliphatic heterocycles. The van der Waals surface area contributed by atoms with E-state index >= 15 is 0 Å². The van der Waals surface area contributed by atoms with E-state index in [2.05, 4.69) is 15.5 Å². The van der Waals surface area contributed by atoms with Crippen molar-refractivity contribution >= 4 is 34.1 Å². The number of aromatic amines is 1. The number of aromatic nitrogens is 2. The van der Waals surface area contributed by atoms with E-state index in [1.165, 1.54) is 0 Å². The number of carbonyl (C=O) groups excluding carboxylic acids is 2. The van der Waals surface area contributed by atoms with Gasteiger partial charge in [0.05, 0.1) is 24.7 Å². The Morgan fingerprint density at radius 2 is 2.08 bits per heavy atom. The van der Waals surface area contributed by atoms with E-state index in [0.717, 1.165) is 22.3 Å². The topological polar surface area (TPSA) is 87.3 Å². The number of hydrogen-bond donors (Lipinski definition) is 2. The van der Waals surface area contributed by atoms with Crippen LogP contribution in [0, 0.1) is 5.92 Å². The zero-order valence-electron chi connectivity index (χ0n) is 14.2. The van der Waals surface area contributed by atoms with Gasteiger partial charge in [0.25, 0.3) is 0 Å². The second-order valence-corrected chi connectivity index (χ2v) is 6.26. The number of nitrogens with zero attached hydrogens (tertiary/aromatic N) is 2. The van der Waals surface area contributed by atoms with Crippen molar-refractivity contribution in [1.29, 1.82) is 0 Å². The Bertz CT molecular complexity index is 964. The summed E-state index contributed by atoms with van der Waals surface area (Å²) < 4.78 is 5.13. The van der Waals surface area contributed by atoms with Crippen LogP contribution in [0.3, 0.4) is 0 Å². The predicted molar refractivity (Wildman–Crippen MR) is 98.2 cm³/mol. The maximum Gasteiger partial charge on any atom is 0.229 e. The molecule has 1 saturated heterocycles. The average molecular weight is 350 g/mol. The van der Waals surface area contributed by atoms with Gasteiger partial charge in [0, 0.05) is 29.7 Å². The number of H-pyrrole nitrogens is 1. The highest BCUT2D eigenvalue weighted by Crippen LogP contribution is 2.28. The van der Waals surface area contributed by atoms with Crippen molar-refractivity contribution in [2.24, 2.45) is 5.92 Å². The molecule has 3 aromatic rings. The van der Waals surface area contributed by atoms with E-state index in [9.17, 15) is 9.59 Å². The Labute approximate surface area is 149 Å². The number of benzene rings is 2. The fraction of sp³-hybridized carbons (Fsp3) is 0.211. The summed E-state index contributed by atoms with van der Waals surface area (Å²) in [5, 5.41) is 10.7. The maximum absolute atomic E-state index is 12.6. The quantitative estimate of drug-likeness (QED) is 0.757. The van der Waals surface area contributed by atoms with Crippen molar-refractivity contribution in [3.8, 4) is 5.75 Å². The predicted octanol–water partition coefficient (Wildman–Crippen LogP) is 2.56. The molecular weight excluding hydrogens is 332 g/mol. The average Bonchev–Trinajstić information content (AvgIpc) is 3.28. The van der Waals surface area contributed by atoms with Crippen LogP contribution < -0.4 is 15.0 Å². The van der Waals surface area contributed by atoms with Crippen LogP contribution in [-0.4, -0.2) is 35.7 Å². The molecule has 0 aliphatic carbocycles. The van der Waals surface area contributed by atoms with Crippen molar-refractivity contribution in [2.45, 2.75) is 6.42 Å². The Balaban J connectivity index is 1.45. The Hall–Kier alpha value is -3.35. The lowest BCUT2D eigenvalue weighted by molar-refractivity contribution is -0.122. The molecule has 0 unspecified atom stereocenters. The molecule has 1 aliphatic rings. The first-order valence-electron chi connectivity index (χ1n) is 8.32. The van der Waals surface area contributed by atoms with Gasteiger partial charge in [-0.1, -0.05) is 0 Å². The number of anilines is 2. The van der Waals surface area contributed by atoms with Gasteiger partial charge < -0.3 is 15.0 Å². The lowest BCUT2D eigenvalue weighted by Crippen LogP contribution is -2.28. The van der Waals surface area contributed by atoms with Crippen LogP contribution in [0.1, 0.15) is 6.42 Å².